The minimum atomic E-state index is -1.01. The molecular weight excluding hydrogens is 326 g/mol. The summed E-state index contributed by atoms with van der Waals surface area (Å²) in [6, 6.07) is 8.93. The lowest BCUT2D eigenvalue weighted by atomic mass is 9.89. The van der Waals surface area contributed by atoms with Crippen molar-refractivity contribution in [2.24, 2.45) is 0 Å². The monoisotopic (exact) mass is 338 g/mol. The minimum Gasteiger partial charge on any atom is -0.385 e. The summed E-state index contributed by atoms with van der Waals surface area (Å²) in [5, 5.41) is 10.8. The molecule has 1 N–H and O–H groups in total. The van der Waals surface area contributed by atoms with E-state index in [4.69, 9.17) is 0 Å². The van der Waals surface area contributed by atoms with Crippen LogP contribution in [0.25, 0.3) is 0 Å². The number of aryl methyl sites for hydroxylation is 1. The Bertz CT molecular complexity index is 672. The van der Waals surface area contributed by atoms with E-state index < -0.39 is 5.60 Å². The highest BCUT2D eigenvalue weighted by Gasteiger charge is 2.37. The molecule has 0 spiro atoms. The molecule has 0 saturated heterocycles. The first-order valence-electron chi connectivity index (χ1n) is 6.43. The molecule has 0 heterocycles. The molecule has 0 amide bonds. The average molecular weight is 339 g/mol. The highest BCUT2D eigenvalue weighted by atomic mass is 79.9. The number of benzene rings is 2. The van der Waals surface area contributed by atoms with Gasteiger partial charge in [-0.2, -0.15) is 0 Å². The van der Waals surface area contributed by atoms with Crippen molar-refractivity contribution in [2.75, 3.05) is 0 Å². The van der Waals surface area contributed by atoms with Crippen LogP contribution in [0.15, 0.2) is 40.9 Å². The summed E-state index contributed by atoms with van der Waals surface area (Å²) in [6.07, 6.45) is 1.59. The fourth-order valence-electron chi connectivity index (χ4n) is 2.86. The van der Waals surface area contributed by atoms with E-state index in [-0.39, 0.29) is 11.6 Å². The van der Waals surface area contributed by atoms with Crippen molar-refractivity contribution >= 4 is 15.9 Å². The smallest absolute Gasteiger partial charge is 0.124 e. The lowest BCUT2D eigenvalue weighted by Gasteiger charge is -2.24. The molecule has 2 aromatic carbocycles. The summed E-state index contributed by atoms with van der Waals surface area (Å²) in [5.74, 6) is -0.600. The lowest BCUT2D eigenvalue weighted by molar-refractivity contribution is 0.0387. The predicted octanol–water partition coefficient (Wildman–Crippen LogP) is 4.10. The quantitative estimate of drug-likeness (QED) is 0.873. The normalized spacial score (nSPS) is 21.0. The van der Waals surface area contributed by atoms with E-state index in [0.717, 1.165) is 16.7 Å². The van der Waals surface area contributed by atoms with E-state index in [1.807, 2.05) is 0 Å². The molecule has 0 fully saturated rings. The predicted molar refractivity (Wildman–Crippen MR) is 76.4 cm³/mol. The number of halogens is 3. The first kappa shape index (κ1) is 13.7. The summed E-state index contributed by atoms with van der Waals surface area (Å²) >= 11 is 3.32. The molecule has 1 aliphatic rings. The van der Waals surface area contributed by atoms with Crippen LogP contribution in [0.3, 0.4) is 0 Å². The molecule has 1 atom stereocenters. The Kier molecular flexibility index (Phi) is 3.38. The Morgan fingerprint density at radius 3 is 2.55 bits per heavy atom. The maximum atomic E-state index is 13.2. The highest BCUT2D eigenvalue weighted by Crippen LogP contribution is 2.40. The molecule has 0 radical (unpaired) electrons. The molecule has 1 aliphatic carbocycles. The SMILES string of the molecule is OC1(Cc2ccc(F)cc2Br)CCc2cc(F)ccc21. The average Bonchev–Trinajstić information content (AvgIpc) is 2.70. The first-order chi connectivity index (χ1) is 9.48. The summed E-state index contributed by atoms with van der Waals surface area (Å²) in [6.45, 7) is 0. The standard InChI is InChI=1S/C16H13BrF2O/c17-15-8-13(19)2-1-11(15)9-16(20)6-5-10-7-12(18)3-4-14(10)16/h1-4,7-8,20H,5-6,9H2. The van der Waals surface area contributed by atoms with Gasteiger partial charge < -0.3 is 5.11 Å². The fraction of sp³-hybridized carbons (Fsp3) is 0.250. The van der Waals surface area contributed by atoms with E-state index in [1.54, 1.807) is 12.1 Å². The summed E-state index contributed by atoms with van der Waals surface area (Å²) < 4.78 is 27.0. The van der Waals surface area contributed by atoms with Gasteiger partial charge in [0.05, 0.1) is 5.60 Å². The number of rotatable bonds is 2. The molecule has 0 aromatic heterocycles. The molecule has 4 heteroatoms. The second kappa shape index (κ2) is 4.93. The molecule has 104 valence electrons. The third-order valence-electron chi connectivity index (χ3n) is 3.87. The van der Waals surface area contributed by atoms with Crippen molar-refractivity contribution in [1.82, 2.24) is 0 Å². The van der Waals surface area contributed by atoms with E-state index >= 15 is 0 Å². The van der Waals surface area contributed by atoms with Gasteiger partial charge in [0.2, 0.25) is 0 Å². The summed E-state index contributed by atoms with van der Waals surface area (Å²) in [5.41, 5.74) is 1.45. The maximum absolute atomic E-state index is 13.2. The van der Waals surface area contributed by atoms with Gasteiger partial charge in [-0.05, 0) is 53.8 Å². The Morgan fingerprint density at radius 1 is 1.10 bits per heavy atom. The van der Waals surface area contributed by atoms with Crippen LogP contribution < -0.4 is 0 Å². The Labute approximate surface area is 124 Å². The lowest BCUT2D eigenvalue weighted by Crippen LogP contribution is -2.25. The zero-order valence-electron chi connectivity index (χ0n) is 10.7. The summed E-state index contributed by atoms with van der Waals surface area (Å²) in [4.78, 5) is 0. The van der Waals surface area contributed by atoms with Crippen LogP contribution in [0.1, 0.15) is 23.1 Å². The maximum Gasteiger partial charge on any atom is 0.124 e. The Hall–Kier alpha value is -1.26. The van der Waals surface area contributed by atoms with Crippen molar-refractivity contribution in [2.45, 2.75) is 24.9 Å². The molecule has 0 bridgehead atoms. The zero-order chi connectivity index (χ0) is 14.3. The molecule has 3 rings (SSSR count). The summed E-state index contributed by atoms with van der Waals surface area (Å²) in [7, 11) is 0. The second-order valence-corrected chi connectivity index (χ2v) is 6.10. The van der Waals surface area contributed by atoms with Gasteiger partial charge in [0.25, 0.3) is 0 Å². The van der Waals surface area contributed by atoms with Gasteiger partial charge in [0.1, 0.15) is 11.6 Å². The van der Waals surface area contributed by atoms with Crippen molar-refractivity contribution in [3.63, 3.8) is 0 Å². The van der Waals surface area contributed by atoms with Crippen LogP contribution in [-0.4, -0.2) is 5.11 Å². The third kappa shape index (κ3) is 2.38. The molecule has 20 heavy (non-hydrogen) atoms. The topological polar surface area (TPSA) is 20.2 Å². The molecule has 1 nitrogen and oxygen atoms in total. The van der Waals surface area contributed by atoms with Gasteiger partial charge in [0.15, 0.2) is 0 Å². The number of hydrogen-bond acceptors (Lipinski definition) is 1. The van der Waals surface area contributed by atoms with Crippen LogP contribution >= 0.6 is 15.9 Å². The van der Waals surface area contributed by atoms with Gasteiger partial charge >= 0.3 is 0 Å². The van der Waals surface area contributed by atoms with Crippen LogP contribution in [0.2, 0.25) is 0 Å². The van der Waals surface area contributed by atoms with E-state index in [2.05, 4.69) is 15.9 Å². The van der Waals surface area contributed by atoms with Crippen LogP contribution in [-0.2, 0) is 18.4 Å². The third-order valence-corrected chi connectivity index (χ3v) is 4.61. The Morgan fingerprint density at radius 2 is 1.80 bits per heavy atom. The minimum absolute atomic E-state index is 0.282. The van der Waals surface area contributed by atoms with Crippen molar-refractivity contribution < 1.29 is 13.9 Å². The van der Waals surface area contributed by atoms with Crippen LogP contribution in [0.5, 0.6) is 0 Å². The van der Waals surface area contributed by atoms with E-state index in [1.165, 1.54) is 24.3 Å². The molecule has 0 saturated carbocycles. The van der Waals surface area contributed by atoms with E-state index in [0.29, 0.717) is 23.7 Å². The number of hydrogen-bond donors (Lipinski definition) is 1. The fourth-order valence-corrected chi connectivity index (χ4v) is 3.35. The first-order valence-corrected chi connectivity index (χ1v) is 7.22. The highest BCUT2D eigenvalue weighted by molar-refractivity contribution is 9.10. The van der Waals surface area contributed by atoms with Crippen LogP contribution in [0.4, 0.5) is 8.78 Å². The van der Waals surface area contributed by atoms with Crippen molar-refractivity contribution in [1.29, 1.82) is 0 Å². The van der Waals surface area contributed by atoms with E-state index in [9.17, 15) is 13.9 Å². The van der Waals surface area contributed by atoms with Gasteiger partial charge in [-0.3, -0.25) is 0 Å². The van der Waals surface area contributed by atoms with Crippen molar-refractivity contribution in [3.05, 3.63) is 69.2 Å². The number of fused-ring (bicyclic) bond motifs is 1. The van der Waals surface area contributed by atoms with Gasteiger partial charge in [-0.25, -0.2) is 8.78 Å². The molecule has 2 aromatic rings. The molecule has 1 unspecified atom stereocenters. The second-order valence-electron chi connectivity index (χ2n) is 5.25. The van der Waals surface area contributed by atoms with Gasteiger partial charge in [-0.1, -0.05) is 28.1 Å². The van der Waals surface area contributed by atoms with Crippen LogP contribution in [0, 0.1) is 11.6 Å². The largest absolute Gasteiger partial charge is 0.385 e. The zero-order valence-corrected chi connectivity index (χ0v) is 12.3. The van der Waals surface area contributed by atoms with Crippen molar-refractivity contribution in [3.8, 4) is 0 Å². The molecular formula is C16H13BrF2O. The molecule has 0 aliphatic heterocycles. The Balaban J connectivity index is 1.96. The number of aliphatic hydroxyl groups is 1. The van der Waals surface area contributed by atoms with Gasteiger partial charge in [0, 0.05) is 10.9 Å². The van der Waals surface area contributed by atoms with Gasteiger partial charge in [-0.15, -0.1) is 0 Å².